The van der Waals surface area contributed by atoms with Gasteiger partial charge in [-0.15, -0.1) is 5.10 Å². The Balaban J connectivity index is 1.61. The molecule has 5 rings (SSSR count). The highest BCUT2D eigenvalue weighted by Crippen LogP contribution is 2.32. The standard InChI is InChI=1S/C27H32N6O2/c1-3-35-22-14-15-24-20(16-22)17-23(27(34)28-24)25(32(2)21-12-8-5-9-13-21)26-29-30-31-33(26)18-19-10-6-4-7-11-19/h4,6-7,10-11,14-17,21,25H,3,5,8-9,12-13,18H2,1-2H3,(H,28,34). The molecular formula is C27H32N6O2. The van der Waals surface area contributed by atoms with E-state index < -0.39 is 0 Å². The van der Waals surface area contributed by atoms with Gasteiger partial charge in [-0.2, -0.15) is 0 Å². The fourth-order valence-electron chi connectivity index (χ4n) is 5.18. The molecule has 0 aliphatic heterocycles. The minimum Gasteiger partial charge on any atom is -0.494 e. The van der Waals surface area contributed by atoms with E-state index in [0.29, 0.717) is 30.6 Å². The summed E-state index contributed by atoms with van der Waals surface area (Å²) in [5.74, 6) is 1.46. The van der Waals surface area contributed by atoms with Gasteiger partial charge in [-0.05, 0) is 67.1 Å². The molecule has 35 heavy (non-hydrogen) atoms. The highest BCUT2D eigenvalue weighted by molar-refractivity contribution is 5.80. The summed E-state index contributed by atoms with van der Waals surface area (Å²) in [5, 5.41) is 13.7. The van der Waals surface area contributed by atoms with E-state index in [4.69, 9.17) is 4.74 Å². The summed E-state index contributed by atoms with van der Waals surface area (Å²) in [6.07, 6.45) is 5.86. The van der Waals surface area contributed by atoms with Crippen LogP contribution in [0.25, 0.3) is 10.9 Å². The van der Waals surface area contributed by atoms with Crippen LogP contribution in [0.3, 0.4) is 0 Å². The predicted octanol–water partition coefficient (Wildman–Crippen LogP) is 4.32. The van der Waals surface area contributed by atoms with Gasteiger partial charge in [0, 0.05) is 22.5 Å². The highest BCUT2D eigenvalue weighted by Gasteiger charge is 2.33. The minimum atomic E-state index is -0.374. The zero-order chi connectivity index (χ0) is 24.2. The molecule has 0 spiro atoms. The fraction of sp³-hybridized carbons (Fsp3) is 0.407. The van der Waals surface area contributed by atoms with Crippen LogP contribution in [0.2, 0.25) is 0 Å². The van der Waals surface area contributed by atoms with Crippen LogP contribution in [-0.2, 0) is 6.54 Å². The predicted molar refractivity (Wildman–Crippen MR) is 136 cm³/mol. The van der Waals surface area contributed by atoms with E-state index in [0.717, 1.165) is 35.1 Å². The molecule has 1 aliphatic carbocycles. The maximum absolute atomic E-state index is 13.4. The van der Waals surface area contributed by atoms with E-state index in [9.17, 15) is 4.79 Å². The van der Waals surface area contributed by atoms with Crippen molar-refractivity contribution in [3.63, 3.8) is 0 Å². The molecule has 4 aromatic rings. The number of hydrogen-bond donors (Lipinski definition) is 1. The van der Waals surface area contributed by atoms with Crippen LogP contribution in [0, 0.1) is 0 Å². The summed E-state index contributed by atoms with van der Waals surface area (Å²) in [6, 6.07) is 17.8. The Kier molecular flexibility index (Phi) is 6.90. The first kappa shape index (κ1) is 23.2. The van der Waals surface area contributed by atoms with Gasteiger partial charge in [-0.1, -0.05) is 49.6 Å². The van der Waals surface area contributed by atoms with Gasteiger partial charge in [0.05, 0.1) is 13.2 Å². The van der Waals surface area contributed by atoms with E-state index in [-0.39, 0.29) is 11.6 Å². The molecule has 0 radical (unpaired) electrons. The van der Waals surface area contributed by atoms with Gasteiger partial charge in [0.15, 0.2) is 5.82 Å². The molecule has 0 saturated heterocycles. The second-order valence-electron chi connectivity index (χ2n) is 9.28. The van der Waals surface area contributed by atoms with E-state index in [1.807, 2.05) is 54.1 Å². The molecule has 1 fully saturated rings. The first-order valence-electron chi connectivity index (χ1n) is 12.5. The Morgan fingerprint density at radius 2 is 1.91 bits per heavy atom. The van der Waals surface area contributed by atoms with Crippen molar-refractivity contribution < 1.29 is 4.74 Å². The SMILES string of the molecule is CCOc1ccc2[nH]c(=O)c(C(c3nnnn3Cc3ccccc3)N(C)C3CCCCC3)cc2c1. The number of fused-ring (bicyclic) bond motifs is 1. The molecule has 1 aliphatic rings. The largest absolute Gasteiger partial charge is 0.494 e. The molecule has 8 heteroatoms. The first-order valence-corrected chi connectivity index (χ1v) is 12.5. The summed E-state index contributed by atoms with van der Waals surface area (Å²) in [7, 11) is 2.10. The van der Waals surface area contributed by atoms with Crippen LogP contribution < -0.4 is 10.3 Å². The van der Waals surface area contributed by atoms with Gasteiger partial charge >= 0.3 is 0 Å². The monoisotopic (exact) mass is 472 g/mol. The van der Waals surface area contributed by atoms with Crippen molar-refractivity contribution in [3.05, 3.63) is 81.9 Å². The number of aromatic amines is 1. The number of nitrogens with zero attached hydrogens (tertiary/aromatic N) is 5. The smallest absolute Gasteiger partial charge is 0.253 e. The number of aromatic nitrogens is 5. The van der Waals surface area contributed by atoms with E-state index in [1.165, 1.54) is 19.3 Å². The van der Waals surface area contributed by atoms with Crippen LogP contribution in [0.15, 0.2) is 59.4 Å². The second-order valence-corrected chi connectivity index (χ2v) is 9.28. The quantitative estimate of drug-likeness (QED) is 0.411. The van der Waals surface area contributed by atoms with Gasteiger partial charge in [0.25, 0.3) is 5.56 Å². The Labute approximate surface area is 204 Å². The van der Waals surface area contributed by atoms with Crippen molar-refractivity contribution in [2.45, 2.75) is 57.7 Å². The first-order chi connectivity index (χ1) is 17.1. The fourth-order valence-corrected chi connectivity index (χ4v) is 5.18. The lowest BCUT2D eigenvalue weighted by Crippen LogP contribution is -2.40. The topological polar surface area (TPSA) is 88.9 Å². The summed E-state index contributed by atoms with van der Waals surface area (Å²) in [6.45, 7) is 3.09. The van der Waals surface area contributed by atoms with Gasteiger partial charge < -0.3 is 9.72 Å². The minimum absolute atomic E-state index is 0.122. The number of hydrogen-bond acceptors (Lipinski definition) is 6. The van der Waals surface area contributed by atoms with E-state index in [2.05, 4.69) is 44.6 Å². The normalized spacial score (nSPS) is 15.5. The van der Waals surface area contributed by atoms with Crippen molar-refractivity contribution in [3.8, 4) is 5.75 Å². The number of H-pyrrole nitrogens is 1. The Morgan fingerprint density at radius 1 is 1.11 bits per heavy atom. The maximum atomic E-state index is 13.4. The Hall–Kier alpha value is -3.52. The van der Waals surface area contributed by atoms with Gasteiger partial charge in [0.1, 0.15) is 11.8 Å². The van der Waals surface area contributed by atoms with Crippen LogP contribution in [-0.4, -0.2) is 49.8 Å². The third-order valence-corrected chi connectivity index (χ3v) is 6.99. The summed E-state index contributed by atoms with van der Waals surface area (Å²) < 4.78 is 7.53. The molecule has 2 aromatic carbocycles. The highest BCUT2D eigenvalue weighted by atomic mass is 16.5. The molecular weight excluding hydrogens is 440 g/mol. The molecule has 182 valence electrons. The molecule has 0 bridgehead atoms. The van der Waals surface area contributed by atoms with Gasteiger partial charge in [0.2, 0.25) is 0 Å². The lowest BCUT2D eigenvalue weighted by Gasteiger charge is -2.36. The molecule has 0 amide bonds. The Morgan fingerprint density at radius 3 is 2.69 bits per heavy atom. The van der Waals surface area contributed by atoms with E-state index in [1.54, 1.807) is 0 Å². The molecule has 8 nitrogen and oxygen atoms in total. The van der Waals surface area contributed by atoms with Crippen molar-refractivity contribution >= 4 is 10.9 Å². The number of ether oxygens (including phenoxy) is 1. The number of rotatable bonds is 8. The second kappa shape index (κ2) is 10.4. The average Bonchev–Trinajstić information content (AvgIpc) is 3.33. The summed E-state index contributed by atoms with van der Waals surface area (Å²) >= 11 is 0. The molecule has 1 N–H and O–H groups in total. The summed E-state index contributed by atoms with van der Waals surface area (Å²) in [4.78, 5) is 18.8. The zero-order valence-electron chi connectivity index (χ0n) is 20.4. The Bertz CT molecular complexity index is 1330. The van der Waals surface area contributed by atoms with E-state index >= 15 is 0 Å². The number of benzene rings is 2. The number of tetrazole rings is 1. The van der Waals surface area contributed by atoms with Gasteiger partial charge in [-0.25, -0.2) is 4.68 Å². The molecule has 1 saturated carbocycles. The van der Waals surface area contributed by atoms with Crippen molar-refractivity contribution in [1.29, 1.82) is 0 Å². The summed E-state index contributed by atoms with van der Waals surface area (Å²) in [5.41, 5.74) is 2.41. The van der Waals surface area contributed by atoms with Crippen LogP contribution in [0.4, 0.5) is 0 Å². The molecule has 2 heterocycles. The van der Waals surface area contributed by atoms with Gasteiger partial charge in [-0.3, -0.25) is 9.69 Å². The van der Waals surface area contributed by atoms with Crippen LogP contribution in [0.1, 0.15) is 62.0 Å². The third kappa shape index (κ3) is 4.98. The van der Waals surface area contributed by atoms with Crippen molar-refractivity contribution in [2.75, 3.05) is 13.7 Å². The number of nitrogens with one attached hydrogen (secondary N) is 1. The third-order valence-electron chi connectivity index (χ3n) is 6.99. The molecule has 1 atom stereocenters. The maximum Gasteiger partial charge on any atom is 0.253 e. The number of pyridine rings is 1. The lowest BCUT2D eigenvalue weighted by molar-refractivity contribution is 0.149. The zero-order valence-corrected chi connectivity index (χ0v) is 20.4. The molecule has 1 unspecified atom stereocenters. The van der Waals surface area contributed by atoms with Crippen LogP contribution >= 0.6 is 0 Å². The molecule has 2 aromatic heterocycles. The lowest BCUT2D eigenvalue weighted by atomic mass is 9.92. The van der Waals surface area contributed by atoms with Crippen LogP contribution in [0.5, 0.6) is 5.75 Å². The van der Waals surface area contributed by atoms with Crippen molar-refractivity contribution in [1.82, 2.24) is 30.1 Å². The average molecular weight is 473 g/mol. The van der Waals surface area contributed by atoms with Crippen molar-refractivity contribution in [2.24, 2.45) is 0 Å².